The van der Waals surface area contributed by atoms with Crippen LogP contribution in [0.25, 0.3) is 0 Å². The predicted molar refractivity (Wildman–Crippen MR) is 59.1 cm³/mol. The van der Waals surface area contributed by atoms with Crippen molar-refractivity contribution in [2.24, 2.45) is 0 Å². The van der Waals surface area contributed by atoms with Gasteiger partial charge in [-0.25, -0.2) is 0 Å². The second-order valence-corrected chi connectivity index (χ2v) is 137. The van der Waals surface area contributed by atoms with Crippen LogP contribution in [0.5, 0.6) is 0 Å². The Bertz CT molecular complexity index is 150. The molecule has 0 atom stereocenters. The van der Waals surface area contributed by atoms with Crippen LogP contribution in [-0.4, -0.2) is 0 Å². The minimum Gasteiger partial charge on any atom is 0 e. The summed E-state index contributed by atoms with van der Waals surface area (Å²) in [7, 11) is 22.7. The van der Waals surface area contributed by atoms with Gasteiger partial charge in [0.2, 0.25) is 0 Å². The van der Waals surface area contributed by atoms with Gasteiger partial charge in [0.25, 0.3) is 0 Å². The number of rotatable bonds is 0. The molecule has 0 fully saturated rings. The van der Waals surface area contributed by atoms with Crippen molar-refractivity contribution >= 4 is 89.9 Å². The van der Waals surface area contributed by atoms with Gasteiger partial charge in [-0.1, -0.05) is 0 Å². The topological polar surface area (TPSA) is 0 Å². The van der Waals surface area contributed by atoms with Crippen molar-refractivity contribution < 1.29 is 20.6 Å². The molecule has 0 N–H and O–H groups in total. The maximum atomic E-state index is 5.68. The van der Waals surface area contributed by atoms with Crippen LogP contribution in [0.2, 0.25) is 0 Å². The Kier molecular flexibility index (Phi) is 3.38. The zero-order valence-corrected chi connectivity index (χ0v) is 16.5. The molecule has 0 aromatic rings. The second kappa shape index (κ2) is 2.00. The van der Waals surface area contributed by atoms with E-state index in [4.69, 9.17) is 37.2 Å². The van der Waals surface area contributed by atoms with E-state index in [0.717, 1.165) is 0 Å². The van der Waals surface area contributed by atoms with Crippen LogP contribution in [0.3, 0.4) is 0 Å². The van der Waals surface area contributed by atoms with E-state index in [1.807, 2.05) is 0 Å². The Balaban J connectivity index is 0. The molecule has 0 aliphatic carbocycles. The first-order valence-corrected chi connectivity index (χ1v) is 25.5. The maximum absolute atomic E-state index is 6.11. The summed E-state index contributed by atoms with van der Waals surface area (Å²) < 4.78 is -6.11. The smallest absolute Gasteiger partial charge is 0 e. The molecule has 10 heteroatoms. The van der Waals surface area contributed by atoms with Crippen molar-refractivity contribution in [3.63, 3.8) is 0 Å². The van der Waals surface area contributed by atoms with E-state index in [1.54, 1.807) is 0 Å². The van der Waals surface area contributed by atoms with Crippen molar-refractivity contribution in [2.75, 3.05) is 0 Å². The molecular formula is Br4Cl4Ti2. The summed E-state index contributed by atoms with van der Waals surface area (Å²) in [6.07, 6.45) is 0. The molecule has 0 unspecified atom stereocenters. The Hall–Kier alpha value is 4.51. The zero-order chi connectivity index (χ0) is 8.35. The zero-order valence-electron chi connectivity index (χ0n) is 4.02. The van der Waals surface area contributed by atoms with Crippen molar-refractivity contribution in [1.29, 1.82) is 0 Å². The molecule has 0 radical (unpaired) electrons. The normalized spacial score (nSPS) is 28.0. The first-order valence-electron chi connectivity index (χ1n) is 1.51. The Labute approximate surface area is 107 Å². The number of hydrogen-bond donors (Lipinski definition) is 0. The summed E-state index contributed by atoms with van der Waals surface area (Å²) in [5.41, 5.74) is 0. The van der Waals surface area contributed by atoms with Gasteiger partial charge in [0.1, 0.15) is 0 Å². The summed E-state index contributed by atoms with van der Waals surface area (Å²) >= 11 is 11.1. The number of halogens is 8. The molecule has 0 saturated heterocycles. The first-order chi connectivity index (χ1) is 2.83. The predicted octanol–water partition coefficient (Wildman–Crippen LogP) is 6.14. The van der Waals surface area contributed by atoms with Crippen LogP contribution in [-0.2, 0) is 20.6 Å². The van der Waals surface area contributed by atoms with Crippen LogP contribution >= 0.6 is 89.9 Å². The van der Waals surface area contributed by atoms with Gasteiger partial charge in [-0.2, -0.15) is 0 Å². The van der Waals surface area contributed by atoms with Crippen LogP contribution in [0.15, 0.2) is 0 Å². The largest absolute Gasteiger partial charge is 0 e. The van der Waals surface area contributed by atoms with E-state index in [0.29, 0.717) is 0 Å². The molecular weight excluding hydrogens is 557 g/mol. The quantitative estimate of drug-likeness (QED) is 0.315. The van der Waals surface area contributed by atoms with Crippen molar-refractivity contribution in [3.05, 3.63) is 0 Å². The molecule has 0 heterocycles. The Morgan fingerprint density at radius 3 is 0.700 bits per heavy atom. The summed E-state index contributed by atoms with van der Waals surface area (Å²) in [5.74, 6) is 0. The Morgan fingerprint density at radius 1 is 0.700 bits per heavy atom. The Morgan fingerprint density at radius 2 is 0.700 bits per heavy atom. The van der Waals surface area contributed by atoms with Crippen molar-refractivity contribution in [1.82, 2.24) is 0 Å². The maximum Gasteiger partial charge on any atom is 0 e. The van der Waals surface area contributed by atoms with Crippen molar-refractivity contribution in [2.45, 2.75) is 0 Å². The summed E-state index contributed by atoms with van der Waals surface area (Å²) in [5, 5.41) is 0. The molecule has 0 spiro atoms. The van der Waals surface area contributed by atoms with E-state index in [2.05, 4.69) is 52.6 Å². The molecule has 0 aromatic heterocycles. The monoisotopic (exact) mass is 551 g/mol. The minimum atomic E-state index is -6.11. The standard InChI is InChI=1S/4BrH.4ClH.2Ti/h8*1H;;/q;;;;;;;;;+8/p-8. The molecule has 0 amide bonds. The van der Waals surface area contributed by atoms with Gasteiger partial charge in [-0.15, -0.1) is 0 Å². The third kappa shape index (κ3) is 81.5. The molecule has 0 bridgehead atoms. The molecule has 0 aromatic carbocycles. The fourth-order valence-electron chi connectivity index (χ4n) is 0. The molecule has 64 valence electrons. The van der Waals surface area contributed by atoms with E-state index in [-0.39, 0.29) is 21.7 Å². The molecule has 0 aliphatic heterocycles. The van der Waals surface area contributed by atoms with Gasteiger partial charge in [-0.05, 0) is 0 Å². The van der Waals surface area contributed by atoms with E-state index >= 15 is 0 Å². The van der Waals surface area contributed by atoms with Crippen LogP contribution in [0.4, 0.5) is 0 Å². The second-order valence-electron chi connectivity index (χ2n) is 2.00. The van der Waals surface area contributed by atoms with E-state index in [9.17, 15) is 0 Å². The van der Waals surface area contributed by atoms with Crippen LogP contribution < -0.4 is 0 Å². The molecule has 0 nitrogen and oxygen atoms in total. The first kappa shape index (κ1) is 16.9. The fourth-order valence-corrected chi connectivity index (χ4v) is 0. The summed E-state index contributed by atoms with van der Waals surface area (Å²) in [4.78, 5) is 0. The van der Waals surface area contributed by atoms with Gasteiger partial charge in [0.15, 0.2) is 0 Å². The number of hydrogen-bond acceptors (Lipinski definition) is 0. The summed E-state index contributed by atoms with van der Waals surface area (Å²) in [6, 6.07) is 0. The van der Waals surface area contributed by atoms with E-state index < -0.39 is -1.16 Å². The molecule has 10 heavy (non-hydrogen) atoms. The fraction of sp³-hybridized carbons (Fsp3) is 0. The minimum absolute atomic E-state index is 0. The molecule has 0 aliphatic rings. The molecule has 0 rings (SSSR count). The van der Waals surface area contributed by atoms with Gasteiger partial charge in [0, 0.05) is 21.7 Å². The van der Waals surface area contributed by atoms with Gasteiger partial charge in [0.05, 0.1) is 0 Å². The average molecular weight is 557 g/mol. The van der Waals surface area contributed by atoms with Gasteiger partial charge in [-0.3, -0.25) is 0 Å². The van der Waals surface area contributed by atoms with E-state index in [1.165, 1.54) is 0 Å². The average Bonchev–Trinajstić information content (AvgIpc) is 0.503. The van der Waals surface area contributed by atoms with Crippen LogP contribution in [0.1, 0.15) is 0 Å². The van der Waals surface area contributed by atoms with Gasteiger partial charge < -0.3 is 0 Å². The SMILES string of the molecule is [Cl][Ti]([Cl])([Cl])([Cl])([Br])([Br])([Br])[Br].[Ti]. The summed E-state index contributed by atoms with van der Waals surface area (Å²) in [6.45, 7) is 0. The molecule has 0 saturated carbocycles. The van der Waals surface area contributed by atoms with Gasteiger partial charge >= 0.3 is 88.7 Å². The third-order valence-corrected chi connectivity index (χ3v) is 0. The van der Waals surface area contributed by atoms with Crippen LogP contribution in [0, 0.1) is 0 Å². The third-order valence-electron chi connectivity index (χ3n) is 0. The van der Waals surface area contributed by atoms with Crippen molar-refractivity contribution in [3.8, 4) is 0 Å².